The van der Waals surface area contributed by atoms with Gasteiger partial charge in [0.05, 0.1) is 5.56 Å². The molecule has 4 rings (SSSR count). The van der Waals surface area contributed by atoms with Crippen molar-refractivity contribution >= 4 is 5.91 Å². The van der Waals surface area contributed by atoms with Crippen molar-refractivity contribution in [3.8, 4) is 0 Å². The number of hydrogen-bond donors (Lipinski definition) is 2. The molecule has 0 spiro atoms. The first-order valence-electron chi connectivity index (χ1n) is 10.3. The van der Waals surface area contributed by atoms with E-state index in [9.17, 15) is 4.79 Å². The third-order valence-corrected chi connectivity index (χ3v) is 6.22. The van der Waals surface area contributed by atoms with Crippen molar-refractivity contribution in [2.45, 2.75) is 45.1 Å². The molecule has 6 heteroatoms. The number of amides is 1. The lowest BCUT2D eigenvalue weighted by atomic mass is 9.79. The van der Waals surface area contributed by atoms with Gasteiger partial charge in [-0.1, -0.05) is 31.2 Å². The summed E-state index contributed by atoms with van der Waals surface area (Å²) in [6, 6.07) is 9.08. The van der Waals surface area contributed by atoms with Crippen LogP contribution in [0.1, 0.15) is 53.0 Å². The van der Waals surface area contributed by atoms with E-state index < -0.39 is 0 Å². The summed E-state index contributed by atoms with van der Waals surface area (Å²) in [5, 5.41) is 0. The van der Waals surface area contributed by atoms with Gasteiger partial charge >= 0.3 is 0 Å². The molecule has 2 saturated heterocycles. The van der Waals surface area contributed by atoms with Crippen LogP contribution in [0, 0.1) is 12.8 Å². The molecule has 1 amide bonds. The highest BCUT2D eigenvalue weighted by atomic mass is 16.2. The Hall–Kier alpha value is -2.31. The van der Waals surface area contributed by atoms with Crippen LogP contribution in [0.4, 0.5) is 0 Å². The zero-order chi connectivity index (χ0) is 19.5. The molecule has 28 heavy (non-hydrogen) atoms. The Morgan fingerprint density at radius 3 is 2.57 bits per heavy atom. The molecule has 3 heterocycles. The minimum Gasteiger partial charge on any atom is -0.339 e. The van der Waals surface area contributed by atoms with Gasteiger partial charge in [-0.25, -0.2) is 9.97 Å². The van der Waals surface area contributed by atoms with E-state index in [0.717, 1.165) is 44.7 Å². The van der Waals surface area contributed by atoms with E-state index >= 15 is 0 Å². The fourth-order valence-corrected chi connectivity index (χ4v) is 4.56. The van der Waals surface area contributed by atoms with Crippen molar-refractivity contribution in [3.05, 3.63) is 59.2 Å². The lowest BCUT2D eigenvalue weighted by Gasteiger charge is -2.36. The summed E-state index contributed by atoms with van der Waals surface area (Å²) in [6.45, 7) is 6.74. The van der Waals surface area contributed by atoms with E-state index in [1.807, 2.05) is 11.8 Å². The summed E-state index contributed by atoms with van der Waals surface area (Å²) in [5.41, 5.74) is 10.3. The van der Waals surface area contributed by atoms with Gasteiger partial charge in [0.25, 0.3) is 5.91 Å². The molecule has 1 aromatic carbocycles. The van der Waals surface area contributed by atoms with Crippen LogP contribution in [0.5, 0.6) is 0 Å². The second-order valence-corrected chi connectivity index (χ2v) is 7.89. The van der Waals surface area contributed by atoms with Gasteiger partial charge in [0.15, 0.2) is 0 Å². The number of rotatable bonds is 4. The normalized spacial score (nSPS) is 23.1. The highest BCUT2D eigenvalue weighted by Gasteiger charge is 2.37. The molecule has 148 valence electrons. The van der Waals surface area contributed by atoms with Gasteiger partial charge in [-0.05, 0) is 36.8 Å². The SMILES string of the molecule is CCc1ncc(C(=O)N2CCC(C3NNCC3c3ccccc3C)CC2)cn1. The first-order valence-corrected chi connectivity index (χ1v) is 10.3. The topological polar surface area (TPSA) is 70.2 Å². The Balaban J connectivity index is 1.39. The largest absolute Gasteiger partial charge is 0.339 e. The first-order chi connectivity index (χ1) is 13.7. The number of piperidine rings is 1. The Bertz CT molecular complexity index is 814. The van der Waals surface area contributed by atoms with E-state index in [4.69, 9.17) is 0 Å². The van der Waals surface area contributed by atoms with Crippen molar-refractivity contribution in [2.24, 2.45) is 5.92 Å². The lowest BCUT2D eigenvalue weighted by molar-refractivity contribution is 0.0669. The van der Waals surface area contributed by atoms with Crippen LogP contribution in [-0.2, 0) is 6.42 Å². The smallest absolute Gasteiger partial charge is 0.256 e. The highest BCUT2D eigenvalue weighted by molar-refractivity contribution is 5.93. The molecule has 2 atom stereocenters. The van der Waals surface area contributed by atoms with Crippen molar-refractivity contribution < 1.29 is 4.79 Å². The number of likely N-dealkylation sites (tertiary alicyclic amines) is 1. The minimum atomic E-state index is 0.0501. The molecule has 0 aliphatic carbocycles. The lowest BCUT2D eigenvalue weighted by Crippen LogP contribution is -2.45. The molecule has 2 fully saturated rings. The van der Waals surface area contributed by atoms with E-state index in [2.05, 4.69) is 52.0 Å². The van der Waals surface area contributed by atoms with Crippen molar-refractivity contribution in [3.63, 3.8) is 0 Å². The summed E-state index contributed by atoms with van der Waals surface area (Å²) >= 11 is 0. The zero-order valence-electron chi connectivity index (χ0n) is 16.7. The Morgan fingerprint density at radius 1 is 1.18 bits per heavy atom. The van der Waals surface area contributed by atoms with Gasteiger partial charge in [-0.3, -0.25) is 15.6 Å². The summed E-state index contributed by atoms with van der Waals surface area (Å²) < 4.78 is 0. The fourth-order valence-electron chi connectivity index (χ4n) is 4.56. The number of nitrogens with one attached hydrogen (secondary N) is 2. The second-order valence-electron chi connectivity index (χ2n) is 7.89. The molecule has 0 saturated carbocycles. The molecule has 2 aromatic rings. The van der Waals surface area contributed by atoms with Crippen LogP contribution >= 0.6 is 0 Å². The van der Waals surface area contributed by atoms with Crippen LogP contribution in [0.15, 0.2) is 36.7 Å². The van der Waals surface area contributed by atoms with Crippen LogP contribution < -0.4 is 10.9 Å². The quantitative estimate of drug-likeness (QED) is 0.854. The number of nitrogens with zero attached hydrogens (tertiary/aromatic N) is 3. The standard InChI is InChI=1S/C22H29N5O/c1-3-20-23-12-17(13-24-20)22(28)27-10-8-16(9-11-27)21-19(14-25-26-21)18-7-5-4-6-15(18)2/h4-7,12-13,16,19,21,25-26H,3,8-11,14H2,1-2H3. The Labute approximate surface area is 166 Å². The van der Waals surface area contributed by atoms with Gasteiger partial charge in [0, 0.05) is 50.4 Å². The Morgan fingerprint density at radius 2 is 1.89 bits per heavy atom. The maximum absolute atomic E-state index is 12.8. The number of aromatic nitrogens is 2. The van der Waals surface area contributed by atoms with Gasteiger partial charge < -0.3 is 4.90 Å². The molecule has 0 radical (unpaired) electrons. The third kappa shape index (κ3) is 3.80. The van der Waals surface area contributed by atoms with Crippen LogP contribution in [0.25, 0.3) is 0 Å². The molecule has 0 bridgehead atoms. The van der Waals surface area contributed by atoms with Crippen molar-refractivity contribution in [1.29, 1.82) is 0 Å². The molecule has 2 aliphatic heterocycles. The molecular formula is C22H29N5O. The number of carbonyl (C=O) groups excluding carboxylic acids is 1. The first kappa shape index (κ1) is 19.0. The second kappa shape index (κ2) is 8.37. The van der Waals surface area contributed by atoms with Crippen molar-refractivity contribution in [1.82, 2.24) is 25.7 Å². The van der Waals surface area contributed by atoms with E-state index in [-0.39, 0.29) is 5.91 Å². The maximum Gasteiger partial charge on any atom is 0.256 e. The predicted molar refractivity (Wildman–Crippen MR) is 109 cm³/mol. The van der Waals surface area contributed by atoms with E-state index in [1.54, 1.807) is 12.4 Å². The maximum atomic E-state index is 12.8. The minimum absolute atomic E-state index is 0.0501. The summed E-state index contributed by atoms with van der Waals surface area (Å²) in [7, 11) is 0. The Kier molecular flexibility index (Phi) is 5.69. The number of benzene rings is 1. The van der Waals surface area contributed by atoms with Gasteiger partial charge in [0.1, 0.15) is 5.82 Å². The highest BCUT2D eigenvalue weighted by Crippen LogP contribution is 2.33. The number of carbonyl (C=O) groups is 1. The van der Waals surface area contributed by atoms with Gasteiger partial charge in [0.2, 0.25) is 0 Å². The van der Waals surface area contributed by atoms with E-state index in [1.165, 1.54) is 11.1 Å². The molecule has 2 aliphatic rings. The number of hydrogen-bond acceptors (Lipinski definition) is 5. The molecule has 1 aromatic heterocycles. The molecule has 2 N–H and O–H groups in total. The van der Waals surface area contributed by atoms with Crippen molar-refractivity contribution in [2.75, 3.05) is 19.6 Å². The van der Waals surface area contributed by atoms with Crippen LogP contribution in [0.3, 0.4) is 0 Å². The fraction of sp³-hybridized carbons (Fsp3) is 0.500. The van der Waals surface area contributed by atoms with Crippen LogP contribution in [0.2, 0.25) is 0 Å². The molecule has 6 nitrogen and oxygen atoms in total. The summed E-state index contributed by atoms with van der Waals surface area (Å²) in [6.07, 6.45) is 6.14. The molecular weight excluding hydrogens is 350 g/mol. The third-order valence-electron chi connectivity index (χ3n) is 6.22. The monoisotopic (exact) mass is 379 g/mol. The average molecular weight is 380 g/mol. The summed E-state index contributed by atoms with van der Waals surface area (Å²) in [5.74, 6) is 1.86. The zero-order valence-corrected chi connectivity index (χ0v) is 16.7. The van der Waals surface area contributed by atoms with E-state index in [0.29, 0.717) is 23.4 Å². The van der Waals surface area contributed by atoms with Gasteiger partial charge in [-0.2, -0.15) is 0 Å². The van der Waals surface area contributed by atoms with Crippen LogP contribution in [-0.4, -0.2) is 46.5 Å². The average Bonchev–Trinajstić information content (AvgIpc) is 3.23. The number of hydrazine groups is 1. The predicted octanol–water partition coefficient (Wildman–Crippen LogP) is 2.46. The summed E-state index contributed by atoms with van der Waals surface area (Å²) in [4.78, 5) is 23.3. The molecule has 2 unspecified atom stereocenters. The van der Waals surface area contributed by atoms with Gasteiger partial charge in [-0.15, -0.1) is 0 Å². The number of aryl methyl sites for hydroxylation is 2.